The Bertz CT molecular complexity index is 381. The summed E-state index contributed by atoms with van der Waals surface area (Å²) in [6.45, 7) is 1.50. The van der Waals surface area contributed by atoms with Gasteiger partial charge in [-0.1, -0.05) is 0 Å². The van der Waals surface area contributed by atoms with Crippen molar-refractivity contribution in [2.45, 2.75) is 13.5 Å². The predicted octanol–water partition coefficient (Wildman–Crippen LogP) is 0.153. The van der Waals surface area contributed by atoms with Crippen molar-refractivity contribution in [2.24, 2.45) is 0 Å². The molecule has 14 heavy (non-hydrogen) atoms. The van der Waals surface area contributed by atoms with Gasteiger partial charge in [0.1, 0.15) is 11.6 Å². The summed E-state index contributed by atoms with van der Waals surface area (Å²) in [5.74, 6) is 0.733. The second-order valence-corrected chi connectivity index (χ2v) is 4.05. The molecule has 3 N–H and O–H groups in total. The Hall–Kier alpha value is -0.905. The topological polar surface area (TPSA) is 98.3 Å². The number of hydrogen-bond acceptors (Lipinski definition) is 5. The number of nitrogens with two attached hydrogens (primary N) is 1. The van der Waals surface area contributed by atoms with Crippen LogP contribution >= 0.6 is 7.47 Å². The maximum Gasteiger partial charge on any atom is 0.261 e. The molecule has 0 spiro atoms. The fourth-order valence-electron chi connectivity index (χ4n) is 0.786. The highest BCUT2D eigenvalue weighted by Crippen LogP contribution is 2.36. The fraction of sp³-hybridized carbons (Fsp3) is 0.333. The molecule has 0 aliphatic rings. The minimum atomic E-state index is -3.97. The quantitative estimate of drug-likeness (QED) is 0.547. The molecule has 8 heteroatoms. The van der Waals surface area contributed by atoms with Crippen molar-refractivity contribution < 1.29 is 14.0 Å². The van der Waals surface area contributed by atoms with Crippen molar-refractivity contribution >= 4 is 20.9 Å². The molecule has 0 fully saturated rings. The minimum Gasteiger partial charge on any atom is -0.383 e. The summed E-state index contributed by atoms with van der Waals surface area (Å²) in [5.41, 5.74) is 5.93. The van der Waals surface area contributed by atoms with Gasteiger partial charge in [0.25, 0.3) is 7.47 Å². The Kier molecular flexibility index (Phi) is 3.26. The molecule has 1 aromatic heterocycles. The normalized spacial score (nSPS) is 15.0. The molecule has 1 unspecified atom stereocenters. The van der Waals surface area contributed by atoms with E-state index in [0.29, 0.717) is 11.4 Å². The summed E-state index contributed by atoms with van der Waals surface area (Å²) in [4.78, 5) is 16.4. The first-order valence-corrected chi connectivity index (χ1v) is 5.37. The van der Waals surface area contributed by atoms with Crippen LogP contribution < -0.4 is 5.73 Å². The molecule has 0 bridgehead atoms. The van der Waals surface area contributed by atoms with E-state index in [1.807, 2.05) is 0 Å². The zero-order valence-corrected chi connectivity index (χ0v) is 8.44. The van der Waals surface area contributed by atoms with E-state index in [1.165, 1.54) is 6.20 Å². The lowest BCUT2D eigenvalue weighted by Gasteiger charge is -2.08. The lowest BCUT2D eigenvalue weighted by molar-refractivity contribution is 0.265. The maximum absolute atomic E-state index is 10.6. The third-order valence-corrected chi connectivity index (χ3v) is 1.92. The van der Waals surface area contributed by atoms with Crippen LogP contribution in [0.3, 0.4) is 0 Å². The number of rotatable bonds is 3. The highest BCUT2D eigenvalue weighted by atomic mass is 31.2. The van der Waals surface area contributed by atoms with E-state index in [-0.39, 0.29) is 12.4 Å². The molecule has 0 aliphatic heterocycles. The molecule has 1 rings (SSSR count). The maximum atomic E-state index is 10.6. The van der Waals surface area contributed by atoms with Gasteiger partial charge in [-0.15, -0.1) is 0 Å². The molecule has 1 aromatic rings. The third kappa shape index (κ3) is 3.45. The minimum absolute atomic E-state index is 0.184. The van der Waals surface area contributed by atoms with Crippen LogP contribution in [0.2, 0.25) is 0 Å². The van der Waals surface area contributed by atoms with Crippen molar-refractivity contribution in [1.29, 1.82) is 0 Å². The Labute approximate surface area is 82.4 Å². The summed E-state index contributed by atoms with van der Waals surface area (Å²) in [6, 6.07) is 0. The Balaban J connectivity index is 2.73. The van der Waals surface area contributed by atoms with Crippen molar-refractivity contribution in [3.05, 3.63) is 17.6 Å². The highest BCUT2D eigenvalue weighted by molar-refractivity contribution is 7.78. The van der Waals surface area contributed by atoms with E-state index in [2.05, 4.69) is 14.5 Å². The molecule has 0 amide bonds. The predicted molar refractivity (Wildman–Crippen MR) is 51.5 cm³/mol. The number of anilines is 1. The molecule has 0 saturated carbocycles. The molecule has 0 aliphatic carbocycles. The zero-order valence-electron chi connectivity index (χ0n) is 7.54. The standard InChI is InChI=1S/C6H9BN3O3P/c1-4-9-2-5(6(8)10-4)3-13-14(7,11)12/h2H,3H2,1H3,(H,11,12)(H2,8,9,10). The van der Waals surface area contributed by atoms with E-state index in [1.54, 1.807) is 6.92 Å². The second-order valence-electron chi connectivity index (χ2n) is 2.67. The van der Waals surface area contributed by atoms with Crippen LogP contribution in [-0.2, 0) is 15.7 Å². The van der Waals surface area contributed by atoms with Crippen LogP contribution in [0.5, 0.6) is 0 Å². The van der Waals surface area contributed by atoms with Crippen LogP contribution in [0.1, 0.15) is 11.4 Å². The molecular formula is C6H9BN3O3P. The first-order valence-electron chi connectivity index (χ1n) is 3.72. The number of hydrogen-bond donors (Lipinski definition) is 2. The van der Waals surface area contributed by atoms with Gasteiger partial charge >= 0.3 is 0 Å². The Morgan fingerprint density at radius 2 is 2.43 bits per heavy atom. The van der Waals surface area contributed by atoms with Crippen LogP contribution in [0.4, 0.5) is 5.82 Å². The monoisotopic (exact) mass is 213 g/mol. The summed E-state index contributed by atoms with van der Waals surface area (Å²) in [5, 5.41) is 0. The molecule has 6 nitrogen and oxygen atoms in total. The lowest BCUT2D eigenvalue weighted by Crippen LogP contribution is -2.02. The van der Waals surface area contributed by atoms with Gasteiger partial charge in [0, 0.05) is 11.8 Å². The highest BCUT2D eigenvalue weighted by Gasteiger charge is 2.11. The van der Waals surface area contributed by atoms with Crippen molar-refractivity contribution in [2.75, 3.05) is 5.73 Å². The number of nitrogens with zero attached hydrogens (tertiary/aromatic N) is 2. The van der Waals surface area contributed by atoms with Gasteiger partial charge in [0.15, 0.2) is 0 Å². The number of nitrogen functional groups attached to an aromatic ring is 1. The average molecular weight is 213 g/mol. The van der Waals surface area contributed by atoms with Gasteiger partial charge < -0.3 is 15.2 Å². The molecule has 0 aromatic carbocycles. The van der Waals surface area contributed by atoms with Gasteiger partial charge in [0.05, 0.1) is 6.61 Å². The fourth-order valence-corrected chi connectivity index (χ4v) is 1.11. The second kappa shape index (κ2) is 4.08. The van der Waals surface area contributed by atoms with Gasteiger partial charge in [-0.2, -0.15) is 0 Å². The van der Waals surface area contributed by atoms with Gasteiger partial charge in [0.2, 0.25) is 7.57 Å². The smallest absolute Gasteiger partial charge is 0.261 e. The van der Waals surface area contributed by atoms with Gasteiger partial charge in [-0.3, -0.25) is 4.57 Å². The summed E-state index contributed by atoms with van der Waals surface area (Å²) in [7, 11) is 0.797. The Morgan fingerprint density at radius 3 is 2.93 bits per heavy atom. The summed E-state index contributed by atoms with van der Waals surface area (Å²) < 4.78 is 15.1. The SMILES string of the molecule is [B]P(=O)(O)OCc1cnc(C)nc1N. The molecule has 1 atom stereocenters. The third-order valence-electron chi connectivity index (χ3n) is 1.42. The van der Waals surface area contributed by atoms with E-state index in [4.69, 9.17) is 18.2 Å². The van der Waals surface area contributed by atoms with Crippen molar-refractivity contribution in [3.8, 4) is 0 Å². The van der Waals surface area contributed by atoms with Crippen LogP contribution in [0.25, 0.3) is 0 Å². The van der Waals surface area contributed by atoms with Crippen molar-refractivity contribution in [1.82, 2.24) is 9.97 Å². The first-order chi connectivity index (χ1) is 6.38. The molecular weight excluding hydrogens is 204 g/mol. The largest absolute Gasteiger partial charge is 0.383 e. The van der Waals surface area contributed by atoms with E-state index < -0.39 is 7.47 Å². The first kappa shape index (κ1) is 11.2. The molecule has 1 heterocycles. The van der Waals surface area contributed by atoms with Crippen LogP contribution in [-0.4, -0.2) is 22.4 Å². The van der Waals surface area contributed by atoms with E-state index in [9.17, 15) is 4.57 Å². The van der Waals surface area contributed by atoms with Crippen LogP contribution in [0, 0.1) is 6.92 Å². The Morgan fingerprint density at radius 1 is 1.79 bits per heavy atom. The zero-order chi connectivity index (χ0) is 10.8. The van der Waals surface area contributed by atoms with E-state index in [0.717, 1.165) is 0 Å². The van der Waals surface area contributed by atoms with E-state index >= 15 is 0 Å². The van der Waals surface area contributed by atoms with Crippen molar-refractivity contribution in [3.63, 3.8) is 0 Å². The number of aromatic nitrogens is 2. The molecule has 74 valence electrons. The summed E-state index contributed by atoms with van der Waals surface area (Å²) in [6.07, 6.45) is 1.42. The lowest BCUT2D eigenvalue weighted by atomic mass is 10.3. The number of aryl methyl sites for hydroxylation is 1. The summed E-state index contributed by atoms with van der Waals surface area (Å²) >= 11 is 0. The molecule has 0 saturated heterocycles. The average Bonchev–Trinajstić information content (AvgIpc) is 2.00. The van der Waals surface area contributed by atoms with Crippen LogP contribution in [0.15, 0.2) is 6.20 Å². The van der Waals surface area contributed by atoms with Gasteiger partial charge in [-0.25, -0.2) is 9.97 Å². The molecule has 2 radical (unpaired) electrons. The van der Waals surface area contributed by atoms with Gasteiger partial charge in [-0.05, 0) is 6.92 Å².